The van der Waals surface area contributed by atoms with Crippen LogP contribution in [0.15, 0.2) is 24.3 Å². The van der Waals surface area contributed by atoms with E-state index >= 15 is 0 Å². The highest BCUT2D eigenvalue weighted by molar-refractivity contribution is 6.13. The Balaban J connectivity index is 1.95. The van der Waals surface area contributed by atoms with Crippen molar-refractivity contribution >= 4 is 17.5 Å². The predicted molar refractivity (Wildman–Crippen MR) is 97.9 cm³/mol. The monoisotopic (exact) mass is 330 g/mol. The molecule has 0 aliphatic heterocycles. The molecule has 1 aliphatic rings. The molecular formula is C20H30N2O2. The van der Waals surface area contributed by atoms with Crippen molar-refractivity contribution in [3.63, 3.8) is 0 Å². The average molecular weight is 330 g/mol. The van der Waals surface area contributed by atoms with E-state index in [1.54, 1.807) is 0 Å². The van der Waals surface area contributed by atoms with Crippen LogP contribution in [-0.4, -0.2) is 18.4 Å². The van der Waals surface area contributed by atoms with Gasteiger partial charge in [-0.05, 0) is 48.3 Å². The Hall–Kier alpha value is -1.84. The van der Waals surface area contributed by atoms with Gasteiger partial charge >= 0.3 is 0 Å². The number of benzene rings is 1. The topological polar surface area (TPSA) is 58.2 Å². The van der Waals surface area contributed by atoms with Crippen molar-refractivity contribution in [1.82, 2.24) is 5.32 Å². The fourth-order valence-corrected chi connectivity index (χ4v) is 2.63. The molecule has 4 nitrogen and oxygen atoms in total. The Bertz CT molecular complexity index is 593. The minimum absolute atomic E-state index is 0.0799. The molecule has 0 atom stereocenters. The quantitative estimate of drug-likeness (QED) is 0.778. The van der Waals surface area contributed by atoms with Crippen LogP contribution in [-0.2, 0) is 15.0 Å². The number of rotatable bonds is 6. The molecule has 1 aliphatic carbocycles. The number of amides is 2. The summed E-state index contributed by atoms with van der Waals surface area (Å²) in [6.45, 7) is 11.3. The maximum Gasteiger partial charge on any atom is 0.240 e. The molecule has 0 heterocycles. The maximum atomic E-state index is 12.5. The van der Waals surface area contributed by atoms with Crippen molar-refractivity contribution in [3.8, 4) is 0 Å². The van der Waals surface area contributed by atoms with Crippen LogP contribution in [0.5, 0.6) is 0 Å². The zero-order valence-electron chi connectivity index (χ0n) is 15.5. The minimum atomic E-state index is -0.861. The molecule has 0 radical (unpaired) electrons. The molecule has 24 heavy (non-hydrogen) atoms. The molecule has 0 spiro atoms. The second kappa shape index (κ2) is 6.96. The molecular weight excluding hydrogens is 300 g/mol. The van der Waals surface area contributed by atoms with Gasteiger partial charge in [0.2, 0.25) is 11.8 Å². The molecule has 0 bridgehead atoms. The molecule has 4 heteroatoms. The van der Waals surface area contributed by atoms with Gasteiger partial charge in [0.1, 0.15) is 5.41 Å². The van der Waals surface area contributed by atoms with E-state index in [0.29, 0.717) is 25.3 Å². The number of carbonyl (C=O) groups excluding carboxylic acids is 2. The summed E-state index contributed by atoms with van der Waals surface area (Å²) in [5.74, 6) is 0.218. The summed E-state index contributed by atoms with van der Waals surface area (Å²) in [5.41, 5.74) is 1.18. The van der Waals surface area contributed by atoms with E-state index in [2.05, 4.69) is 45.3 Å². The van der Waals surface area contributed by atoms with Gasteiger partial charge in [-0.3, -0.25) is 9.59 Å². The third-order valence-electron chi connectivity index (χ3n) is 4.64. The number of hydrogen-bond donors (Lipinski definition) is 2. The molecule has 1 fully saturated rings. The van der Waals surface area contributed by atoms with Gasteiger partial charge in [0.25, 0.3) is 0 Å². The lowest BCUT2D eigenvalue weighted by Crippen LogP contribution is -2.40. The molecule has 2 rings (SSSR count). The number of carbonyl (C=O) groups is 2. The number of nitrogens with one attached hydrogen (secondary N) is 2. The summed E-state index contributed by atoms with van der Waals surface area (Å²) in [5, 5.41) is 5.82. The Morgan fingerprint density at radius 2 is 1.67 bits per heavy atom. The van der Waals surface area contributed by atoms with Gasteiger partial charge in [0.05, 0.1) is 0 Å². The molecule has 2 N–H and O–H groups in total. The predicted octanol–water partition coefficient (Wildman–Crippen LogP) is 3.87. The van der Waals surface area contributed by atoms with Crippen LogP contribution in [0.4, 0.5) is 5.69 Å². The van der Waals surface area contributed by atoms with Gasteiger partial charge in [-0.2, -0.15) is 0 Å². The van der Waals surface area contributed by atoms with E-state index in [1.807, 2.05) is 24.3 Å². The zero-order valence-corrected chi connectivity index (χ0v) is 15.5. The van der Waals surface area contributed by atoms with Crippen LogP contribution in [0.25, 0.3) is 0 Å². The normalized spacial score (nSPS) is 15.9. The lowest BCUT2D eigenvalue weighted by molar-refractivity contribution is -0.134. The van der Waals surface area contributed by atoms with Gasteiger partial charge in [-0.15, -0.1) is 0 Å². The fraction of sp³-hybridized carbons (Fsp3) is 0.600. The molecule has 0 saturated heterocycles. The van der Waals surface area contributed by atoms with Gasteiger partial charge in [0.15, 0.2) is 0 Å². The molecule has 0 aromatic heterocycles. The molecule has 132 valence electrons. The van der Waals surface area contributed by atoms with Crippen molar-refractivity contribution in [3.05, 3.63) is 29.8 Å². The molecule has 1 saturated carbocycles. The summed E-state index contributed by atoms with van der Waals surface area (Å²) < 4.78 is 0. The van der Waals surface area contributed by atoms with E-state index in [4.69, 9.17) is 0 Å². The third kappa shape index (κ3) is 4.37. The van der Waals surface area contributed by atoms with E-state index < -0.39 is 5.41 Å². The van der Waals surface area contributed by atoms with Crippen LogP contribution in [0.1, 0.15) is 59.4 Å². The Kier molecular flexibility index (Phi) is 5.36. The zero-order chi connectivity index (χ0) is 18.0. The molecule has 2 amide bonds. The summed E-state index contributed by atoms with van der Waals surface area (Å²) in [6, 6.07) is 7.87. The van der Waals surface area contributed by atoms with Crippen LogP contribution in [0, 0.1) is 11.3 Å². The molecule has 0 unspecified atom stereocenters. The SMILES string of the molecule is CC(C)CCNC(=O)C1(C(=O)Nc2ccc(C(C)(C)C)cc2)CC1. The van der Waals surface area contributed by atoms with Gasteiger partial charge < -0.3 is 10.6 Å². The fourth-order valence-electron chi connectivity index (χ4n) is 2.63. The van der Waals surface area contributed by atoms with Gasteiger partial charge in [-0.25, -0.2) is 0 Å². The van der Waals surface area contributed by atoms with E-state index in [9.17, 15) is 9.59 Å². The summed E-state index contributed by atoms with van der Waals surface area (Å²) in [7, 11) is 0. The smallest absolute Gasteiger partial charge is 0.240 e. The molecule has 1 aromatic carbocycles. The first-order valence-corrected chi connectivity index (χ1v) is 8.85. The van der Waals surface area contributed by atoms with Gasteiger partial charge in [-0.1, -0.05) is 46.8 Å². The van der Waals surface area contributed by atoms with Crippen molar-refractivity contribution in [2.75, 3.05) is 11.9 Å². The van der Waals surface area contributed by atoms with E-state index in [-0.39, 0.29) is 17.2 Å². The highest BCUT2D eigenvalue weighted by Gasteiger charge is 2.56. The average Bonchev–Trinajstić information content (AvgIpc) is 3.28. The Morgan fingerprint density at radius 3 is 2.12 bits per heavy atom. The van der Waals surface area contributed by atoms with E-state index in [1.165, 1.54) is 5.56 Å². The highest BCUT2D eigenvalue weighted by Crippen LogP contribution is 2.46. The summed E-state index contributed by atoms with van der Waals surface area (Å²) in [6.07, 6.45) is 2.19. The minimum Gasteiger partial charge on any atom is -0.355 e. The van der Waals surface area contributed by atoms with Crippen LogP contribution < -0.4 is 10.6 Å². The largest absolute Gasteiger partial charge is 0.355 e. The standard InChI is InChI=1S/C20H30N2O2/c1-14(2)10-13-21-17(23)20(11-12-20)18(24)22-16-8-6-15(7-9-16)19(3,4)5/h6-9,14H,10-13H2,1-5H3,(H,21,23)(H,22,24). The van der Waals surface area contributed by atoms with Crippen molar-refractivity contribution < 1.29 is 9.59 Å². The first-order valence-electron chi connectivity index (χ1n) is 8.85. The van der Waals surface area contributed by atoms with Crippen molar-refractivity contribution in [2.24, 2.45) is 11.3 Å². The number of hydrogen-bond acceptors (Lipinski definition) is 2. The maximum absolute atomic E-state index is 12.5. The molecule has 1 aromatic rings. The highest BCUT2D eigenvalue weighted by atomic mass is 16.2. The Labute approximate surface area is 145 Å². The van der Waals surface area contributed by atoms with Crippen molar-refractivity contribution in [1.29, 1.82) is 0 Å². The second-order valence-electron chi connectivity index (χ2n) is 8.30. The Morgan fingerprint density at radius 1 is 1.08 bits per heavy atom. The van der Waals surface area contributed by atoms with Crippen LogP contribution >= 0.6 is 0 Å². The lowest BCUT2D eigenvalue weighted by atomic mass is 9.87. The summed E-state index contributed by atoms with van der Waals surface area (Å²) >= 11 is 0. The first-order chi connectivity index (χ1) is 11.1. The first kappa shape index (κ1) is 18.5. The number of anilines is 1. The summed E-state index contributed by atoms with van der Waals surface area (Å²) in [4.78, 5) is 24.9. The van der Waals surface area contributed by atoms with Gasteiger partial charge in [0, 0.05) is 12.2 Å². The van der Waals surface area contributed by atoms with Crippen LogP contribution in [0.3, 0.4) is 0 Å². The lowest BCUT2D eigenvalue weighted by Gasteiger charge is -2.20. The third-order valence-corrected chi connectivity index (χ3v) is 4.64. The van der Waals surface area contributed by atoms with E-state index in [0.717, 1.165) is 12.1 Å². The van der Waals surface area contributed by atoms with Crippen LogP contribution in [0.2, 0.25) is 0 Å². The van der Waals surface area contributed by atoms with Crippen molar-refractivity contribution in [2.45, 2.75) is 59.3 Å². The second-order valence-corrected chi connectivity index (χ2v) is 8.30.